The molecule has 2 heterocycles. The predicted molar refractivity (Wildman–Crippen MR) is 131 cm³/mol. The lowest BCUT2D eigenvalue weighted by Gasteiger charge is -2.47. The van der Waals surface area contributed by atoms with Gasteiger partial charge in [-0.2, -0.15) is 0 Å². The number of likely N-dealkylation sites (tertiary alicyclic amines) is 2. The van der Waals surface area contributed by atoms with E-state index in [1.807, 2.05) is 11.8 Å². The van der Waals surface area contributed by atoms with Gasteiger partial charge in [0, 0.05) is 11.3 Å². The van der Waals surface area contributed by atoms with Crippen LogP contribution in [0, 0.1) is 5.41 Å². The minimum absolute atomic E-state index is 0.0719. The van der Waals surface area contributed by atoms with Crippen LogP contribution in [0.25, 0.3) is 0 Å². The first-order chi connectivity index (χ1) is 15.2. The summed E-state index contributed by atoms with van der Waals surface area (Å²) in [6, 6.07) is 10.8. The molecule has 4 nitrogen and oxygen atoms in total. The molecule has 2 saturated heterocycles. The van der Waals surface area contributed by atoms with Crippen LogP contribution in [-0.4, -0.2) is 67.9 Å². The van der Waals surface area contributed by atoms with E-state index in [9.17, 15) is 4.79 Å². The van der Waals surface area contributed by atoms with Gasteiger partial charge in [-0.1, -0.05) is 24.6 Å². The summed E-state index contributed by atoms with van der Waals surface area (Å²) in [5.74, 6) is 1.16. The summed E-state index contributed by atoms with van der Waals surface area (Å²) in [4.78, 5) is 17.9. The molecular formula is C26H42N2O2S. The van der Waals surface area contributed by atoms with E-state index in [0.29, 0.717) is 11.8 Å². The number of nitrogens with zero attached hydrogens (tertiary/aromatic N) is 2. The van der Waals surface area contributed by atoms with E-state index in [4.69, 9.17) is 4.74 Å². The third-order valence-corrected chi connectivity index (χ3v) is 8.40. The van der Waals surface area contributed by atoms with Gasteiger partial charge in [0.05, 0.1) is 7.11 Å². The van der Waals surface area contributed by atoms with Crippen molar-refractivity contribution in [2.24, 2.45) is 5.41 Å². The Hall–Kier alpha value is -1.04. The number of ether oxygens (including phenoxy) is 1. The average Bonchev–Trinajstić information content (AvgIpc) is 2.82. The van der Waals surface area contributed by atoms with Crippen LogP contribution < -0.4 is 0 Å². The van der Waals surface area contributed by atoms with Crippen LogP contribution in [0.15, 0.2) is 35.2 Å². The first kappa shape index (κ1) is 24.6. The Bertz CT molecular complexity index is 622. The number of methoxy groups -OCH3 is 1. The summed E-state index contributed by atoms with van der Waals surface area (Å²) >= 11 is 1.99. The molecule has 2 aliphatic heterocycles. The second-order valence-corrected chi connectivity index (χ2v) is 10.6. The zero-order valence-corrected chi connectivity index (χ0v) is 20.3. The lowest BCUT2D eigenvalue weighted by molar-refractivity contribution is -0.140. The molecule has 2 fully saturated rings. The number of thioether (sulfide) groups is 1. The average molecular weight is 447 g/mol. The van der Waals surface area contributed by atoms with Crippen molar-refractivity contribution in [1.29, 1.82) is 0 Å². The first-order valence-corrected chi connectivity index (χ1v) is 13.4. The van der Waals surface area contributed by atoms with E-state index in [-0.39, 0.29) is 5.97 Å². The van der Waals surface area contributed by atoms with Gasteiger partial charge in [0.15, 0.2) is 0 Å². The molecule has 0 saturated carbocycles. The van der Waals surface area contributed by atoms with Crippen molar-refractivity contribution in [3.63, 3.8) is 0 Å². The molecule has 0 atom stereocenters. The number of carbonyl (C=O) groups is 1. The highest BCUT2D eigenvalue weighted by atomic mass is 32.2. The van der Waals surface area contributed by atoms with Crippen molar-refractivity contribution in [1.82, 2.24) is 9.80 Å². The van der Waals surface area contributed by atoms with Crippen molar-refractivity contribution in [3.8, 4) is 0 Å². The molecular weight excluding hydrogens is 404 g/mol. The second kappa shape index (κ2) is 13.5. The number of piperidine rings is 2. The highest BCUT2D eigenvalue weighted by Crippen LogP contribution is 2.41. The van der Waals surface area contributed by atoms with Gasteiger partial charge in [-0.3, -0.25) is 4.79 Å². The number of hydrogen-bond acceptors (Lipinski definition) is 5. The van der Waals surface area contributed by atoms with E-state index in [2.05, 4.69) is 40.1 Å². The van der Waals surface area contributed by atoms with Crippen molar-refractivity contribution >= 4 is 17.7 Å². The quantitative estimate of drug-likeness (QED) is 0.241. The van der Waals surface area contributed by atoms with E-state index < -0.39 is 0 Å². The Labute approximate surface area is 194 Å². The van der Waals surface area contributed by atoms with Gasteiger partial charge >= 0.3 is 5.97 Å². The molecule has 0 aliphatic carbocycles. The second-order valence-electron chi connectivity index (χ2n) is 9.44. The van der Waals surface area contributed by atoms with Gasteiger partial charge in [-0.25, -0.2) is 0 Å². The Morgan fingerprint density at radius 3 is 2.03 bits per heavy atom. The molecule has 0 amide bonds. The number of rotatable bonds is 12. The molecule has 1 spiro atoms. The molecule has 174 valence electrons. The standard InChI is InChI=1S/C26H42N2O2S/c1-30-25(29)12-6-3-7-17-27-19-13-26(14-20-27)15-21-28(22-16-26)18-8-9-23-31-24-10-4-2-5-11-24/h2,4-5,10-11H,3,6-9,12-23H2,1H3. The van der Waals surface area contributed by atoms with Crippen LogP contribution in [0.2, 0.25) is 0 Å². The number of benzene rings is 1. The largest absolute Gasteiger partial charge is 0.469 e. The molecule has 31 heavy (non-hydrogen) atoms. The lowest BCUT2D eigenvalue weighted by atomic mass is 9.71. The number of unbranched alkanes of at least 4 members (excludes halogenated alkanes) is 3. The van der Waals surface area contributed by atoms with Gasteiger partial charge in [0.2, 0.25) is 0 Å². The van der Waals surface area contributed by atoms with Crippen LogP contribution in [0.5, 0.6) is 0 Å². The van der Waals surface area contributed by atoms with Crippen LogP contribution >= 0.6 is 11.8 Å². The van der Waals surface area contributed by atoms with Crippen LogP contribution in [-0.2, 0) is 9.53 Å². The Balaban J connectivity index is 1.21. The summed E-state index contributed by atoms with van der Waals surface area (Å²) in [5, 5.41) is 0. The summed E-state index contributed by atoms with van der Waals surface area (Å²) in [5.41, 5.74) is 0.626. The highest BCUT2D eigenvalue weighted by molar-refractivity contribution is 7.99. The molecule has 0 radical (unpaired) electrons. The SMILES string of the molecule is COC(=O)CCCCCN1CCC2(CC1)CCN(CCCCSc1ccccc1)CC2. The molecule has 2 aliphatic rings. The van der Waals surface area contributed by atoms with Crippen LogP contribution in [0.3, 0.4) is 0 Å². The molecule has 0 unspecified atom stereocenters. The summed E-state index contributed by atoms with van der Waals surface area (Å²) in [6.07, 6.45) is 12.1. The van der Waals surface area contributed by atoms with E-state index >= 15 is 0 Å². The molecule has 0 N–H and O–H groups in total. The third kappa shape index (κ3) is 8.78. The molecule has 3 rings (SSSR count). The van der Waals surface area contributed by atoms with Crippen molar-refractivity contribution < 1.29 is 9.53 Å². The van der Waals surface area contributed by atoms with Gasteiger partial charge in [0.1, 0.15) is 0 Å². The van der Waals surface area contributed by atoms with Crippen molar-refractivity contribution in [2.45, 2.75) is 69.1 Å². The molecule has 0 aromatic heterocycles. The molecule has 0 bridgehead atoms. The van der Waals surface area contributed by atoms with E-state index in [0.717, 1.165) is 12.8 Å². The maximum Gasteiger partial charge on any atom is 0.305 e. The Morgan fingerprint density at radius 1 is 0.871 bits per heavy atom. The molecule has 1 aromatic carbocycles. The van der Waals surface area contributed by atoms with E-state index in [1.54, 1.807) is 0 Å². The summed E-state index contributed by atoms with van der Waals surface area (Å²) in [7, 11) is 1.47. The lowest BCUT2D eigenvalue weighted by Crippen LogP contribution is -2.47. The molecule has 5 heteroatoms. The van der Waals surface area contributed by atoms with Crippen molar-refractivity contribution in [2.75, 3.05) is 52.1 Å². The van der Waals surface area contributed by atoms with Gasteiger partial charge in [-0.15, -0.1) is 11.8 Å². The minimum Gasteiger partial charge on any atom is -0.469 e. The third-order valence-electron chi connectivity index (χ3n) is 7.30. The van der Waals surface area contributed by atoms with Crippen LogP contribution in [0.4, 0.5) is 0 Å². The summed E-state index contributed by atoms with van der Waals surface area (Å²) in [6.45, 7) is 7.63. The maximum atomic E-state index is 11.2. The summed E-state index contributed by atoms with van der Waals surface area (Å²) < 4.78 is 4.71. The first-order valence-electron chi connectivity index (χ1n) is 12.4. The predicted octanol–water partition coefficient (Wildman–Crippen LogP) is 5.47. The number of esters is 1. The van der Waals surface area contributed by atoms with Gasteiger partial charge < -0.3 is 14.5 Å². The maximum absolute atomic E-state index is 11.2. The van der Waals surface area contributed by atoms with Crippen molar-refractivity contribution in [3.05, 3.63) is 30.3 Å². The zero-order chi connectivity index (χ0) is 21.8. The van der Waals surface area contributed by atoms with Crippen LogP contribution in [0.1, 0.15) is 64.2 Å². The number of hydrogen-bond donors (Lipinski definition) is 0. The number of carbonyl (C=O) groups excluding carboxylic acids is 1. The van der Waals surface area contributed by atoms with Gasteiger partial charge in [0.25, 0.3) is 0 Å². The van der Waals surface area contributed by atoms with E-state index in [1.165, 1.54) is 102 Å². The normalized spacial score (nSPS) is 19.5. The van der Waals surface area contributed by atoms with Gasteiger partial charge in [-0.05, 0) is 114 Å². The Morgan fingerprint density at radius 2 is 1.45 bits per heavy atom. The molecule has 1 aromatic rings. The zero-order valence-electron chi connectivity index (χ0n) is 19.5. The highest BCUT2D eigenvalue weighted by Gasteiger charge is 2.37. The smallest absolute Gasteiger partial charge is 0.305 e. The Kier molecular flexibility index (Phi) is 10.7. The fourth-order valence-corrected chi connectivity index (χ4v) is 5.96. The minimum atomic E-state index is -0.0719. The topological polar surface area (TPSA) is 32.8 Å². The fraction of sp³-hybridized carbons (Fsp3) is 0.731. The monoisotopic (exact) mass is 446 g/mol. The fourth-order valence-electron chi connectivity index (χ4n) is 5.03.